The van der Waals surface area contributed by atoms with Crippen LogP contribution in [-0.2, 0) is 16.1 Å². The van der Waals surface area contributed by atoms with Crippen molar-refractivity contribution < 1.29 is 9.59 Å². The first-order valence-electron chi connectivity index (χ1n) is 5.59. The zero-order chi connectivity index (χ0) is 13.3. The molecule has 0 aliphatic carbocycles. The molecule has 18 heavy (non-hydrogen) atoms. The quantitative estimate of drug-likeness (QED) is 0.628. The minimum atomic E-state index is -0.328. The van der Waals surface area contributed by atoms with Gasteiger partial charge < -0.3 is 5.73 Å². The number of hydrogen-bond donors (Lipinski definition) is 2. The predicted molar refractivity (Wildman–Crippen MR) is 71.6 cm³/mol. The highest BCUT2D eigenvalue weighted by Gasteiger charge is 2.30. The maximum absolute atomic E-state index is 11.5. The summed E-state index contributed by atoms with van der Waals surface area (Å²) >= 11 is 3.34. The molecule has 96 valence electrons. The van der Waals surface area contributed by atoms with Crippen molar-refractivity contribution in [1.29, 1.82) is 0 Å². The van der Waals surface area contributed by atoms with Gasteiger partial charge in [0.25, 0.3) is 0 Å². The van der Waals surface area contributed by atoms with Crippen LogP contribution in [0.3, 0.4) is 0 Å². The minimum absolute atomic E-state index is 0.211. The first kappa shape index (κ1) is 13.0. The minimum Gasteiger partial charge on any atom is -0.398 e. The van der Waals surface area contributed by atoms with Gasteiger partial charge in [-0.05, 0) is 24.6 Å². The Morgan fingerprint density at radius 3 is 2.89 bits per heavy atom. The van der Waals surface area contributed by atoms with E-state index >= 15 is 0 Å². The van der Waals surface area contributed by atoms with Gasteiger partial charge in [0, 0.05) is 16.7 Å². The number of nitrogens with one attached hydrogen (secondary N) is 1. The van der Waals surface area contributed by atoms with E-state index in [1.54, 1.807) is 11.8 Å². The molecule has 0 radical (unpaired) electrons. The Kier molecular flexibility index (Phi) is 3.68. The number of nitrogens with two attached hydrogens (primary N) is 1. The van der Waals surface area contributed by atoms with Gasteiger partial charge in [-0.25, -0.2) is 0 Å². The lowest BCUT2D eigenvalue weighted by atomic mass is 10.1. The number of nitrogens with zero attached hydrogens (tertiary/aromatic N) is 1. The molecule has 2 rings (SSSR count). The Hall–Kier alpha value is -1.40. The van der Waals surface area contributed by atoms with Crippen LogP contribution in [0.5, 0.6) is 0 Å². The van der Waals surface area contributed by atoms with Crippen molar-refractivity contribution in [2.24, 2.45) is 0 Å². The molecule has 1 aliphatic heterocycles. The number of imide groups is 1. The molecule has 5 nitrogen and oxygen atoms in total. The fraction of sp³-hybridized carbons (Fsp3) is 0.333. The maximum atomic E-state index is 11.5. The summed E-state index contributed by atoms with van der Waals surface area (Å²) in [5.74, 6) is -0.532. The van der Waals surface area contributed by atoms with Gasteiger partial charge >= 0.3 is 0 Å². The number of carbonyl (C=O) groups excluding carboxylic acids is 2. The molecule has 1 atom stereocenters. The molecule has 1 aromatic carbocycles. The summed E-state index contributed by atoms with van der Waals surface area (Å²) in [6.07, 6.45) is 0. The molecule has 1 unspecified atom stereocenters. The number of nitrogen functional groups attached to an aromatic ring is 1. The number of anilines is 1. The van der Waals surface area contributed by atoms with E-state index in [9.17, 15) is 9.59 Å². The van der Waals surface area contributed by atoms with Crippen molar-refractivity contribution in [3.05, 3.63) is 28.2 Å². The van der Waals surface area contributed by atoms with Crippen LogP contribution >= 0.6 is 15.9 Å². The van der Waals surface area contributed by atoms with Gasteiger partial charge in [-0.3, -0.25) is 19.8 Å². The van der Waals surface area contributed by atoms with Crippen molar-refractivity contribution in [3.63, 3.8) is 0 Å². The van der Waals surface area contributed by atoms with Crippen LogP contribution in [0.4, 0.5) is 5.69 Å². The second-order valence-electron chi connectivity index (χ2n) is 4.34. The molecule has 0 spiro atoms. The van der Waals surface area contributed by atoms with Gasteiger partial charge in [-0.2, -0.15) is 0 Å². The normalized spacial score (nSPS) is 20.9. The zero-order valence-electron chi connectivity index (χ0n) is 9.94. The third-order valence-electron chi connectivity index (χ3n) is 3.02. The first-order valence-corrected chi connectivity index (χ1v) is 6.38. The molecule has 0 saturated carbocycles. The molecule has 0 aromatic heterocycles. The molecular weight excluding hydrogens is 298 g/mol. The van der Waals surface area contributed by atoms with E-state index in [0.29, 0.717) is 12.2 Å². The second-order valence-corrected chi connectivity index (χ2v) is 5.25. The maximum Gasteiger partial charge on any atom is 0.243 e. The highest BCUT2D eigenvalue weighted by molar-refractivity contribution is 9.10. The van der Waals surface area contributed by atoms with E-state index in [1.807, 2.05) is 18.2 Å². The number of halogens is 1. The Morgan fingerprint density at radius 1 is 1.50 bits per heavy atom. The largest absolute Gasteiger partial charge is 0.398 e. The van der Waals surface area contributed by atoms with Crippen LogP contribution in [0, 0.1) is 0 Å². The smallest absolute Gasteiger partial charge is 0.243 e. The highest BCUT2D eigenvalue weighted by atomic mass is 79.9. The molecule has 1 heterocycles. The van der Waals surface area contributed by atoms with Crippen molar-refractivity contribution >= 4 is 33.4 Å². The van der Waals surface area contributed by atoms with E-state index in [-0.39, 0.29) is 24.4 Å². The van der Waals surface area contributed by atoms with E-state index in [0.717, 1.165) is 10.0 Å². The number of carbonyl (C=O) groups is 2. The van der Waals surface area contributed by atoms with Gasteiger partial charge in [-0.15, -0.1) is 0 Å². The van der Waals surface area contributed by atoms with Crippen LogP contribution < -0.4 is 11.1 Å². The van der Waals surface area contributed by atoms with E-state index in [4.69, 9.17) is 5.73 Å². The molecule has 1 aliphatic rings. The lowest BCUT2D eigenvalue weighted by Gasteiger charge is -2.31. The summed E-state index contributed by atoms with van der Waals surface area (Å²) in [6, 6.07) is 5.27. The van der Waals surface area contributed by atoms with Crippen molar-refractivity contribution in [2.75, 3.05) is 12.3 Å². The summed E-state index contributed by atoms with van der Waals surface area (Å²) in [5.41, 5.74) is 7.47. The topological polar surface area (TPSA) is 75.4 Å². The number of benzene rings is 1. The molecular formula is C12H14BrN3O2. The van der Waals surface area contributed by atoms with E-state index in [1.165, 1.54) is 0 Å². The number of hydrogen-bond acceptors (Lipinski definition) is 4. The highest BCUT2D eigenvalue weighted by Crippen LogP contribution is 2.21. The Bertz CT molecular complexity index is 504. The van der Waals surface area contributed by atoms with Gasteiger partial charge in [0.15, 0.2) is 0 Å². The molecule has 1 saturated heterocycles. The number of amides is 2. The summed E-state index contributed by atoms with van der Waals surface area (Å²) in [6.45, 7) is 2.47. The lowest BCUT2D eigenvalue weighted by Crippen LogP contribution is -2.56. The van der Waals surface area contributed by atoms with Crippen LogP contribution in [-0.4, -0.2) is 29.3 Å². The Labute approximate surface area is 113 Å². The average molecular weight is 312 g/mol. The number of rotatable bonds is 2. The zero-order valence-corrected chi connectivity index (χ0v) is 11.5. The van der Waals surface area contributed by atoms with Crippen LogP contribution in [0.1, 0.15) is 12.5 Å². The van der Waals surface area contributed by atoms with Crippen molar-refractivity contribution in [1.82, 2.24) is 10.2 Å². The molecule has 6 heteroatoms. The average Bonchev–Trinajstić information content (AvgIpc) is 2.29. The first-order chi connectivity index (χ1) is 8.47. The lowest BCUT2D eigenvalue weighted by molar-refractivity contribution is -0.139. The van der Waals surface area contributed by atoms with Gasteiger partial charge in [0.05, 0.1) is 12.6 Å². The summed E-state index contributed by atoms with van der Waals surface area (Å²) in [5, 5.41) is 2.31. The van der Waals surface area contributed by atoms with Crippen LogP contribution in [0.25, 0.3) is 0 Å². The van der Waals surface area contributed by atoms with Crippen molar-refractivity contribution in [2.45, 2.75) is 19.5 Å². The molecule has 1 fully saturated rings. The van der Waals surface area contributed by atoms with E-state index < -0.39 is 0 Å². The van der Waals surface area contributed by atoms with Crippen LogP contribution in [0.2, 0.25) is 0 Å². The monoisotopic (exact) mass is 311 g/mol. The number of piperazine rings is 1. The van der Waals surface area contributed by atoms with Gasteiger partial charge in [0.1, 0.15) is 0 Å². The fourth-order valence-electron chi connectivity index (χ4n) is 1.89. The standard InChI is InChI=1S/C12H14BrN3O2/c1-7-12(18)15-11(17)6-16(7)5-8-2-3-9(13)4-10(8)14/h2-4,7H,5-6,14H2,1H3,(H,15,17,18). The Balaban J connectivity index is 2.17. The summed E-state index contributed by atoms with van der Waals surface area (Å²) in [7, 11) is 0. The molecule has 0 bridgehead atoms. The van der Waals surface area contributed by atoms with Crippen LogP contribution in [0.15, 0.2) is 22.7 Å². The van der Waals surface area contributed by atoms with Crippen molar-refractivity contribution in [3.8, 4) is 0 Å². The Morgan fingerprint density at radius 2 is 2.22 bits per heavy atom. The fourth-order valence-corrected chi connectivity index (χ4v) is 2.27. The third-order valence-corrected chi connectivity index (χ3v) is 3.51. The second kappa shape index (κ2) is 5.07. The molecule has 3 N–H and O–H groups in total. The third kappa shape index (κ3) is 2.70. The SMILES string of the molecule is CC1C(=O)NC(=O)CN1Cc1ccc(Br)cc1N. The molecule has 2 amide bonds. The molecule has 1 aromatic rings. The van der Waals surface area contributed by atoms with Gasteiger partial charge in [0.2, 0.25) is 11.8 Å². The van der Waals surface area contributed by atoms with E-state index in [2.05, 4.69) is 21.2 Å². The van der Waals surface area contributed by atoms with Gasteiger partial charge in [-0.1, -0.05) is 22.0 Å². The predicted octanol–water partition coefficient (Wildman–Crippen LogP) is 0.878. The summed E-state index contributed by atoms with van der Waals surface area (Å²) < 4.78 is 0.907. The summed E-state index contributed by atoms with van der Waals surface area (Å²) in [4.78, 5) is 24.7.